The molecule has 10 rings (SSSR count). The fourth-order valence-corrected chi connectivity index (χ4v) is 8.88. The van der Waals surface area contributed by atoms with Gasteiger partial charge >= 0.3 is 0 Å². The van der Waals surface area contributed by atoms with Crippen molar-refractivity contribution in [2.24, 2.45) is 0 Å². The predicted octanol–water partition coefficient (Wildman–Crippen LogP) is 11.5. The summed E-state index contributed by atoms with van der Waals surface area (Å²) in [6.07, 6.45) is 0. The summed E-state index contributed by atoms with van der Waals surface area (Å²) in [5.74, 6) is 0. The van der Waals surface area contributed by atoms with Crippen molar-refractivity contribution in [2.75, 3.05) is 9.80 Å². The Morgan fingerprint density at radius 3 is 1.93 bits per heavy atom. The van der Waals surface area contributed by atoms with Crippen LogP contribution in [0.2, 0.25) is 0 Å². The monoisotopic (exact) mass is 606 g/mol. The molecule has 8 aromatic rings. The van der Waals surface area contributed by atoms with E-state index in [9.17, 15) is 4.21 Å². The van der Waals surface area contributed by atoms with Crippen LogP contribution >= 0.6 is 0 Å². The molecule has 4 heteroatoms. The van der Waals surface area contributed by atoms with E-state index in [1.165, 1.54) is 32.3 Å². The Kier molecular flexibility index (Phi) is 5.37. The minimum atomic E-state index is -1.35. The molecule has 2 aliphatic rings. The van der Waals surface area contributed by atoms with Crippen LogP contribution in [0.15, 0.2) is 168 Å². The lowest BCUT2D eigenvalue weighted by atomic mass is 9.89. The average molecular weight is 607 g/mol. The van der Waals surface area contributed by atoms with E-state index in [1.807, 2.05) is 24.3 Å². The van der Waals surface area contributed by atoms with Crippen molar-refractivity contribution >= 4 is 77.2 Å². The van der Waals surface area contributed by atoms with Crippen LogP contribution in [0.25, 0.3) is 43.4 Å². The maximum absolute atomic E-state index is 14.4. The number of rotatable bonds is 2. The molecule has 216 valence electrons. The van der Waals surface area contributed by atoms with E-state index >= 15 is 0 Å². The topological polar surface area (TPSA) is 23.6 Å². The summed E-state index contributed by atoms with van der Waals surface area (Å²) in [5.41, 5.74) is 8.50. The molecule has 0 saturated heterocycles. The summed E-state index contributed by atoms with van der Waals surface area (Å²) in [6, 6.07) is 55.7. The van der Waals surface area contributed by atoms with E-state index in [4.69, 9.17) is 0 Å². The van der Waals surface area contributed by atoms with Gasteiger partial charge in [0.15, 0.2) is 0 Å². The Balaban J connectivity index is 1.35. The standard InChI is InChI=1S/C42H26N2OS/c45-46-40-23-9-8-21-35(40)43(29-15-2-1-3-16-29)39-26-38-34(25-41(39)46)33-20-10-13-27-14-11-22-36(42(27)33)44(38)37-24-28-12-4-5-17-30(28)31-18-6-7-19-32(31)37/h1-26H. The first-order chi connectivity index (χ1) is 22.8. The van der Waals surface area contributed by atoms with Crippen LogP contribution in [0.5, 0.6) is 0 Å². The fourth-order valence-electron chi connectivity index (χ4n) is 7.52. The van der Waals surface area contributed by atoms with E-state index in [0.29, 0.717) is 0 Å². The van der Waals surface area contributed by atoms with E-state index in [-0.39, 0.29) is 0 Å². The van der Waals surface area contributed by atoms with Crippen LogP contribution in [-0.2, 0) is 10.8 Å². The van der Waals surface area contributed by atoms with Crippen LogP contribution in [-0.4, -0.2) is 4.21 Å². The average Bonchev–Trinajstić information content (AvgIpc) is 3.12. The lowest BCUT2D eigenvalue weighted by molar-refractivity contribution is 0.682. The molecule has 0 radical (unpaired) electrons. The van der Waals surface area contributed by atoms with Crippen molar-refractivity contribution in [3.63, 3.8) is 0 Å². The Hall–Kier alpha value is -5.71. The Morgan fingerprint density at radius 2 is 1.07 bits per heavy atom. The zero-order valence-electron chi connectivity index (χ0n) is 24.7. The first kappa shape index (κ1) is 25.6. The van der Waals surface area contributed by atoms with E-state index in [1.54, 1.807) is 0 Å². The second-order valence-electron chi connectivity index (χ2n) is 11.9. The minimum absolute atomic E-state index is 0.820. The number of fused-ring (bicyclic) bond motifs is 7. The third-order valence-corrected chi connectivity index (χ3v) is 11.0. The van der Waals surface area contributed by atoms with Crippen molar-refractivity contribution in [3.8, 4) is 11.1 Å². The molecule has 0 amide bonds. The summed E-state index contributed by atoms with van der Waals surface area (Å²) in [4.78, 5) is 6.35. The zero-order chi connectivity index (χ0) is 30.4. The molecule has 0 saturated carbocycles. The van der Waals surface area contributed by atoms with Gasteiger partial charge in [-0.15, -0.1) is 0 Å². The molecule has 1 atom stereocenters. The maximum Gasteiger partial charge on any atom is 0.0892 e. The summed E-state index contributed by atoms with van der Waals surface area (Å²) in [5, 5.41) is 7.24. The van der Waals surface area contributed by atoms with Gasteiger partial charge in [0, 0.05) is 22.0 Å². The highest BCUT2D eigenvalue weighted by Gasteiger charge is 2.34. The maximum atomic E-state index is 14.4. The van der Waals surface area contributed by atoms with Gasteiger partial charge in [-0.1, -0.05) is 109 Å². The van der Waals surface area contributed by atoms with Crippen LogP contribution in [0.3, 0.4) is 0 Å². The lowest BCUT2D eigenvalue weighted by Gasteiger charge is -2.38. The zero-order valence-corrected chi connectivity index (χ0v) is 25.5. The summed E-state index contributed by atoms with van der Waals surface area (Å²) < 4.78 is 14.4. The fraction of sp³-hybridized carbons (Fsp3) is 0. The number of hydrogen-bond donors (Lipinski definition) is 0. The van der Waals surface area contributed by atoms with Crippen LogP contribution in [0.4, 0.5) is 34.1 Å². The number of benzene rings is 8. The predicted molar refractivity (Wildman–Crippen MR) is 192 cm³/mol. The molecular weight excluding hydrogens is 581 g/mol. The van der Waals surface area contributed by atoms with Gasteiger partial charge in [-0.25, -0.2) is 4.21 Å². The van der Waals surface area contributed by atoms with Gasteiger partial charge in [0.05, 0.1) is 49.0 Å². The SMILES string of the molecule is O=S1c2ccccc2N(c2ccccc2)c2cc3c(cc21)-c1cccc2cccc(c12)N3c1cc2ccccc2c2ccccc12. The largest absolute Gasteiger partial charge is 0.308 e. The number of anilines is 6. The van der Waals surface area contributed by atoms with Crippen LogP contribution < -0.4 is 9.80 Å². The molecule has 2 heterocycles. The third kappa shape index (κ3) is 3.50. The highest BCUT2D eigenvalue weighted by atomic mass is 32.2. The third-order valence-electron chi connectivity index (χ3n) is 9.48. The minimum Gasteiger partial charge on any atom is -0.308 e. The molecule has 8 aromatic carbocycles. The van der Waals surface area contributed by atoms with Crippen LogP contribution in [0, 0.1) is 0 Å². The quantitative estimate of drug-likeness (QED) is 0.183. The van der Waals surface area contributed by atoms with Gasteiger partial charge in [0.2, 0.25) is 0 Å². The summed E-state index contributed by atoms with van der Waals surface area (Å²) in [7, 11) is -1.35. The Labute approximate surface area is 269 Å². The van der Waals surface area contributed by atoms with Crippen molar-refractivity contribution in [3.05, 3.63) is 158 Å². The molecule has 0 aromatic heterocycles. The van der Waals surface area contributed by atoms with Gasteiger partial charge in [0.25, 0.3) is 0 Å². The van der Waals surface area contributed by atoms with E-state index in [2.05, 4.69) is 143 Å². The van der Waals surface area contributed by atoms with Gasteiger partial charge in [-0.05, 0) is 75.6 Å². The second-order valence-corrected chi connectivity index (χ2v) is 13.3. The Bertz CT molecular complexity index is 2570. The second kappa shape index (κ2) is 9.64. The van der Waals surface area contributed by atoms with Gasteiger partial charge in [-0.3, -0.25) is 0 Å². The molecule has 1 unspecified atom stereocenters. The molecule has 0 aliphatic carbocycles. The highest BCUT2D eigenvalue weighted by molar-refractivity contribution is 7.85. The highest BCUT2D eigenvalue weighted by Crippen LogP contribution is 2.57. The molecule has 46 heavy (non-hydrogen) atoms. The van der Waals surface area contributed by atoms with E-state index in [0.717, 1.165) is 55.0 Å². The Morgan fingerprint density at radius 1 is 0.391 bits per heavy atom. The normalized spacial score (nSPS) is 14.7. The summed E-state index contributed by atoms with van der Waals surface area (Å²) >= 11 is 0. The van der Waals surface area contributed by atoms with Crippen molar-refractivity contribution < 1.29 is 4.21 Å². The molecule has 0 bridgehead atoms. The number of para-hydroxylation sites is 2. The number of nitrogens with zero attached hydrogens (tertiary/aromatic N) is 2. The van der Waals surface area contributed by atoms with Gasteiger partial charge in [-0.2, -0.15) is 0 Å². The molecule has 2 aliphatic heterocycles. The smallest absolute Gasteiger partial charge is 0.0892 e. The molecular formula is C42H26N2OS. The summed E-state index contributed by atoms with van der Waals surface area (Å²) in [6.45, 7) is 0. The van der Waals surface area contributed by atoms with E-state index < -0.39 is 10.8 Å². The molecule has 3 nitrogen and oxygen atoms in total. The van der Waals surface area contributed by atoms with Gasteiger partial charge < -0.3 is 9.80 Å². The first-order valence-corrected chi connectivity index (χ1v) is 16.7. The number of hydrogen-bond acceptors (Lipinski definition) is 3. The molecule has 0 spiro atoms. The molecule has 0 N–H and O–H groups in total. The van der Waals surface area contributed by atoms with Crippen LogP contribution in [0.1, 0.15) is 0 Å². The molecule has 0 fully saturated rings. The van der Waals surface area contributed by atoms with Crippen molar-refractivity contribution in [1.29, 1.82) is 0 Å². The van der Waals surface area contributed by atoms with Crippen molar-refractivity contribution in [2.45, 2.75) is 9.79 Å². The first-order valence-electron chi connectivity index (χ1n) is 15.5. The lowest BCUT2D eigenvalue weighted by Crippen LogP contribution is -2.22. The van der Waals surface area contributed by atoms with Crippen molar-refractivity contribution in [1.82, 2.24) is 0 Å². The van der Waals surface area contributed by atoms with Gasteiger partial charge in [0.1, 0.15) is 0 Å².